The molecule has 0 spiro atoms. The second-order valence-electron chi connectivity index (χ2n) is 4.44. The standard InChI is InChI=1S/C13H17FN2O.ClH/c1-9-4-2-6-11(12(9)14)13(17)16-8-10-5-3-7-15-10;/h2,4,6,10,15H,3,5,7-8H2,1H3,(H,16,17);1H. The van der Waals surface area contributed by atoms with E-state index >= 15 is 0 Å². The van der Waals surface area contributed by atoms with Gasteiger partial charge >= 0.3 is 0 Å². The number of carbonyl (C=O) groups is 1. The first-order valence-electron chi connectivity index (χ1n) is 5.95. The molecule has 1 aromatic carbocycles. The van der Waals surface area contributed by atoms with Crippen LogP contribution in [-0.4, -0.2) is 25.0 Å². The Labute approximate surface area is 113 Å². The molecule has 0 radical (unpaired) electrons. The first-order chi connectivity index (χ1) is 8.18. The number of aryl methyl sites for hydroxylation is 1. The van der Waals surface area contributed by atoms with E-state index in [0.29, 0.717) is 18.2 Å². The van der Waals surface area contributed by atoms with Crippen LogP contribution in [0.1, 0.15) is 28.8 Å². The van der Waals surface area contributed by atoms with Crippen LogP contribution in [0.2, 0.25) is 0 Å². The van der Waals surface area contributed by atoms with Gasteiger partial charge in [0, 0.05) is 12.6 Å². The molecule has 2 rings (SSSR count). The molecule has 2 N–H and O–H groups in total. The number of hydrogen-bond acceptors (Lipinski definition) is 2. The first kappa shape index (κ1) is 14.9. The van der Waals surface area contributed by atoms with Crippen molar-refractivity contribution in [2.45, 2.75) is 25.8 Å². The van der Waals surface area contributed by atoms with E-state index in [4.69, 9.17) is 0 Å². The van der Waals surface area contributed by atoms with Crippen molar-refractivity contribution >= 4 is 18.3 Å². The normalized spacial score (nSPS) is 18.2. The van der Waals surface area contributed by atoms with Crippen LogP contribution in [-0.2, 0) is 0 Å². The van der Waals surface area contributed by atoms with Crippen LogP contribution in [0.5, 0.6) is 0 Å². The zero-order valence-electron chi connectivity index (χ0n) is 10.3. The summed E-state index contributed by atoms with van der Waals surface area (Å²) in [6.07, 6.45) is 2.20. The van der Waals surface area contributed by atoms with Crippen LogP contribution in [0, 0.1) is 12.7 Å². The summed E-state index contributed by atoms with van der Waals surface area (Å²) in [4.78, 5) is 11.8. The molecule has 0 aliphatic carbocycles. The largest absolute Gasteiger partial charge is 0.350 e. The molecular formula is C13H18ClFN2O. The monoisotopic (exact) mass is 272 g/mol. The Bertz CT molecular complexity index is 419. The predicted molar refractivity (Wildman–Crippen MR) is 71.7 cm³/mol. The Hall–Kier alpha value is -1.13. The van der Waals surface area contributed by atoms with Gasteiger partial charge in [0.1, 0.15) is 5.82 Å². The van der Waals surface area contributed by atoms with Crippen LogP contribution < -0.4 is 10.6 Å². The molecule has 1 aliphatic heterocycles. The Morgan fingerprint density at radius 3 is 3.00 bits per heavy atom. The molecule has 1 atom stereocenters. The third-order valence-electron chi connectivity index (χ3n) is 3.11. The topological polar surface area (TPSA) is 41.1 Å². The van der Waals surface area contributed by atoms with Crippen molar-refractivity contribution in [2.75, 3.05) is 13.1 Å². The molecule has 1 amide bonds. The summed E-state index contributed by atoms with van der Waals surface area (Å²) in [6, 6.07) is 5.19. The van der Waals surface area contributed by atoms with E-state index in [0.717, 1.165) is 19.4 Å². The molecule has 1 fully saturated rings. The summed E-state index contributed by atoms with van der Waals surface area (Å²) in [5, 5.41) is 6.05. The predicted octanol–water partition coefficient (Wildman–Crippen LogP) is 2.04. The van der Waals surface area contributed by atoms with E-state index in [-0.39, 0.29) is 23.9 Å². The molecule has 1 unspecified atom stereocenters. The Kier molecular flexibility index (Phi) is 5.56. The quantitative estimate of drug-likeness (QED) is 0.884. The summed E-state index contributed by atoms with van der Waals surface area (Å²) in [7, 11) is 0. The third-order valence-corrected chi connectivity index (χ3v) is 3.11. The van der Waals surface area contributed by atoms with Crippen molar-refractivity contribution in [3.8, 4) is 0 Å². The van der Waals surface area contributed by atoms with Gasteiger partial charge in [-0.1, -0.05) is 12.1 Å². The molecule has 18 heavy (non-hydrogen) atoms. The lowest BCUT2D eigenvalue weighted by Crippen LogP contribution is -2.37. The van der Waals surface area contributed by atoms with E-state index in [1.54, 1.807) is 19.1 Å². The van der Waals surface area contributed by atoms with Crippen LogP contribution >= 0.6 is 12.4 Å². The van der Waals surface area contributed by atoms with Gasteiger partial charge in [0.15, 0.2) is 0 Å². The average Bonchev–Trinajstić information content (AvgIpc) is 2.82. The minimum atomic E-state index is -0.426. The van der Waals surface area contributed by atoms with Gasteiger partial charge in [0.2, 0.25) is 0 Å². The molecule has 3 nitrogen and oxygen atoms in total. The van der Waals surface area contributed by atoms with Gasteiger partial charge in [-0.05, 0) is 37.9 Å². The lowest BCUT2D eigenvalue weighted by molar-refractivity contribution is 0.0946. The molecule has 1 aliphatic rings. The number of benzene rings is 1. The number of halogens is 2. The Morgan fingerprint density at radius 2 is 2.33 bits per heavy atom. The fraction of sp³-hybridized carbons (Fsp3) is 0.462. The summed E-state index contributed by atoms with van der Waals surface area (Å²) < 4.78 is 13.7. The fourth-order valence-corrected chi connectivity index (χ4v) is 2.06. The summed E-state index contributed by atoms with van der Waals surface area (Å²) in [6.45, 7) is 3.22. The minimum Gasteiger partial charge on any atom is -0.350 e. The van der Waals surface area contributed by atoms with Gasteiger partial charge in [-0.25, -0.2) is 4.39 Å². The second kappa shape index (κ2) is 6.71. The van der Waals surface area contributed by atoms with Gasteiger partial charge in [-0.3, -0.25) is 4.79 Å². The third kappa shape index (κ3) is 3.43. The van der Waals surface area contributed by atoms with Crippen molar-refractivity contribution in [1.29, 1.82) is 0 Å². The number of hydrogen-bond donors (Lipinski definition) is 2. The Balaban J connectivity index is 0.00000162. The zero-order valence-corrected chi connectivity index (χ0v) is 11.1. The maximum Gasteiger partial charge on any atom is 0.254 e. The molecule has 0 bridgehead atoms. The number of rotatable bonds is 3. The molecule has 0 saturated carbocycles. The number of nitrogens with one attached hydrogen (secondary N) is 2. The van der Waals surface area contributed by atoms with E-state index in [1.165, 1.54) is 6.07 Å². The van der Waals surface area contributed by atoms with Gasteiger partial charge in [-0.15, -0.1) is 12.4 Å². The number of amides is 1. The minimum absolute atomic E-state index is 0. The van der Waals surface area contributed by atoms with E-state index < -0.39 is 5.82 Å². The van der Waals surface area contributed by atoms with Crippen molar-refractivity contribution < 1.29 is 9.18 Å². The van der Waals surface area contributed by atoms with E-state index in [2.05, 4.69) is 10.6 Å². The van der Waals surface area contributed by atoms with Gasteiger partial charge in [-0.2, -0.15) is 0 Å². The number of carbonyl (C=O) groups excluding carboxylic acids is 1. The molecule has 1 aromatic rings. The maximum atomic E-state index is 13.7. The highest BCUT2D eigenvalue weighted by Crippen LogP contribution is 2.12. The highest BCUT2D eigenvalue weighted by atomic mass is 35.5. The van der Waals surface area contributed by atoms with Gasteiger partial charge < -0.3 is 10.6 Å². The maximum absolute atomic E-state index is 13.7. The smallest absolute Gasteiger partial charge is 0.254 e. The van der Waals surface area contributed by atoms with E-state index in [1.807, 2.05) is 0 Å². The first-order valence-corrected chi connectivity index (χ1v) is 5.95. The van der Waals surface area contributed by atoms with Crippen LogP contribution in [0.25, 0.3) is 0 Å². The van der Waals surface area contributed by atoms with Crippen LogP contribution in [0.3, 0.4) is 0 Å². The zero-order chi connectivity index (χ0) is 12.3. The van der Waals surface area contributed by atoms with E-state index in [9.17, 15) is 9.18 Å². The van der Waals surface area contributed by atoms with Crippen molar-refractivity contribution in [2.24, 2.45) is 0 Å². The second-order valence-corrected chi connectivity index (χ2v) is 4.44. The van der Waals surface area contributed by atoms with Crippen LogP contribution in [0.15, 0.2) is 18.2 Å². The molecular weight excluding hydrogens is 255 g/mol. The van der Waals surface area contributed by atoms with Crippen molar-refractivity contribution in [1.82, 2.24) is 10.6 Å². The Morgan fingerprint density at radius 1 is 1.56 bits per heavy atom. The van der Waals surface area contributed by atoms with Crippen molar-refractivity contribution in [3.63, 3.8) is 0 Å². The lowest BCUT2D eigenvalue weighted by atomic mass is 10.1. The summed E-state index contributed by atoms with van der Waals surface area (Å²) in [5.41, 5.74) is 0.625. The molecule has 1 saturated heterocycles. The molecule has 1 heterocycles. The van der Waals surface area contributed by atoms with Gasteiger partial charge in [0.05, 0.1) is 5.56 Å². The average molecular weight is 273 g/mol. The van der Waals surface area contributed by atoms with Gasteiger partial charge in [0.25, 0.3) is 5.91 Å². The SMILES string of the molecule is Cc1cccc(C(=O)NCC2CCCN2)c1F.Cl. The highest BCUT2D eigenvalue weighted by molar-refractivity contribution is 5.94. The van der Waals surface area contributed by atoms with Crippen molar-refractivity contribution in [3.05, 3.63) is 35.1 Å². The molecule has 0 aromatic heterocycles. The molecule has 100 valence electrons. The van der Waals surface area contributed by atoms with Crippen LogP contribution in [0.4, 0.5) is 4.39 Å². The molecule has 5 heteroatoms. The summed E-state index contributed by atoms with van der Waals surface area (Å²) >= 11 is 0. The lowest BCUT2D eigenvalue weighted by Gasteiger charge is -2.12. The highest BCUT2D eigenvalue weighted by Gasteiger charge is 2.17. The fourth-order valence-electron chi connectivity index (χ4n) is 2.06. The summed E-state index contributed by atoms with van der Waals surface area (Å²) in [5.74, 6) is -0.760.